The molecule has 33 heavy (non-hydrogen) atoms. The van der Waals surface area contributed by atoms with Crippen LogP contribution in [0.4, 0.5) is 4.39 Å². The Morgan fingerprint density at radius 2 is 1.88 bits per heavy atom. The number of aromatic amines is 2. The Morgan fingerprint density at radius 1 is 1.00 bits per heavy atom. The summed E-state index contributed by atoms with van der Waals surface area (Å²) in [6.45, 7) is 1.94. The normalized spacial score (nSPS) is 11.6. The van der Waals surface area contributed by atoms with Crippen molar-refractivity contribution in [1.82, 2.24) is 39.7 Å². The smallest absolute Gasteiger partial charge is 0.159 e. The Bertz CT molecular complexity index is 1660. The third kappa shape index (κ3) is 3.03. The molecule has 6 rings (SSSR count). The molecule has 1 aromatic carbocycles. The minimum Gasteiger partial charge on any atom is -0.508 e. The molecule has 5 aromatic heterocycles. The van der Waals surface area contributed by atoms with Gasteiger partial charge in [0.15, 0.2) is 11.5 Å². The van der Waals surface area contributed by atoms with Crippen LogP contribution in [0.25, 0.3) is 56.1 Å². The lowest BCUT2D eigenvalue weighted by molar-refractivity contribution is 0.469. The molecule has 6 aromatic rings. The number of hydrogen-bond acceptors (Lipinski definition) is 6. The first-order valence-corrected chi connectivity index (χ1v) is 10.2. The average Bonchev–Trinajstić information content (AvgIpc) is 3.49. The van der Waals surface area contributed by atoms with Crippen LogP contribution in [0.3, 0.4) is 0 Å². The Kier molecular flexibility index (Phi) is 4.03. The zero-order valence-corrected chi connectivity index (χ0v) is 17.6. The van der Waals surface area contributed by atoms with E-state index in [9.17, 15) is 9.50 Å². The number of nitrogens with zero attached hydrogens (tertiary/aromatic N) is 6. The Labute approximate surface area is 186 Å². The molecule has 0 aliphatic rings. The molecular weight excluding hydrogens is 423 g/mol. The lowest BCUT2D eigenvalue weighted by Crippen LogP contribution is -1.94. The summed E-state index contributed by atoms with van der Waals surface area (Å²) in [7, 11) is 1.95. The van der Waals surface area contributed by atoms with Gasteiger partial charge >= 0.3 is 0 Å². The highest BCUT2D eigenvalue weighted by Crippen LogP contribution is 2.32. The third-order valence-corrected chi connectivity index (χ3v) is 5.71. The van der Waals surface area contributed by atoms with Crippen molar-refractivity contribution in [3.05, 3.63) is 60.6 Å². The van der Waals surface area contributed by atoms with Crippen LogP contribution in [0.5, 0.6) is 5.75 Å². The number of H-pyrrole nitrogens is 2. The highest BCUT2D eigenvalue weighted by molar-refractivity contribution is 5.96. The second-order valence-corrected chi connectivity index (χ2v) is 7.78. The van der Waals surface area contributed by atoms with Crippen LogP contribution in [-0.4, -0.2) is 44.8 Å². The van der Waals surface area contributed by atoms with Crippen molar-refractivity contribution in [1.29, 1.82) is 0 Å². The molecule has 3 N–H and O–H groups in total. The van der Waals surface area contributed by atoms with Crippen LogP contribution in [0.2, 0.25) is 0 Å². The van der Waals surface area contributed by atoms with Gasteiger partial charge in [-0.25, -0.2) is 19.3 Å². The SMILES string of the molecule is Cc1ncc(-c2cnc3[nH]nc(-c4nc5c(-c6cc(O)cc(F)c6)nccc5[nH]4)c3c2)n1C. The molecule has 0 aliphatic carbocycles. The van der Waals surface area contributed by atoms with Crippen molar-refractivity contribution in [3.8, 4) is 39.8 Å². The number of hydrogen-bond donors (Lipinski definition) is 3. The molecule has 10 heteroatoms. The summed E-state index contributed by atoms with van der Waals surface area (Å²) in [5.41, 5.74) is 5.20. The molecule has 0 unspecified atom stereocenters. The Morgan fingerprint density at radius 3 is 2.67 bits per heavy atom. The van der Waals surface area contributed by atoms with Gasteiger partial charge in [0.25, 0.3) is 0 Å². The molecule has 0 spiro atoms. The summed E-state index contributed by atoms with van der Waals surface area (Å²) in [6.07, 6.45) is 5.19. The van der Waals surface area contributed by atoms with Crippen molar-refractivity contribution in [2.24, 2.45) is 7.05 Å². The number of pyridine rings is 2. The van der Waals surface area contributed by atoms with E-state index in [1.54, 1.807) is 18.5 Å². The fraction of sp³-hybridized carbons (Fsp3) is 0.0870. The molecule has 0 amide bonds. The van der Waals surface area contributed by atoms with Crippen LogP contribution in [0.1, 0.15) is 5.82 Å². The van der Waals surface area contributed by atoms with Gasteiger partial charge in [-0.1, -0.05) is 0 Å². The number of nitrogens with one attached hydrogen (secondary N) is 2. The maximum absolute atomic E-state index is 13.9. The number of fused-ring (bicyclic) bond motifs is 2. The number of phenols is 1. The van der Waals surface area contributed by atoms with Gasteiger partial charge in [-0.3, -0.25) is 10.1 Å². The number of halogens is 1. The number of rotatable bonds is 3. The van der Waals surface area contributed by atoms with E-state index in [0.29, 0.717) is 39.5 Å². The number of aromatic hydroxyl groups is 1. The molecule has 5 heterocycles. The number of aryl methyl sites for hydroxylation is 1. The number of aromatic nitrogens is 8. The highest BCUT2D eigenvalue weighted by Gasteiger charge is 2.18. The zero-order chi connectivity index (χ0) is 22.7. The van der Waals surface area contributed by atoms with Gasteiger partial charge in [-0.15, -0.1) is 0 Å². The van der Waals surface area contributed by atoms with E-state index in [-0.39, 0.29) is 5.75 Å². The number of imidazole rings is 2. The second-order valence-electron chi connectivity index (χ2n) is 7.78. The monoisotopic (exact) mass is 440 g/mol. The lowest BCUT2D eigenvalue weighted by atomic mass is 10.1. The number of phenolic OH excluding ortho intramolecular Hbond substituents is 1. The largest absolute Gasteiger partial charge is 0.508 e. The minimum absolute atomic E-state index is 0.179. The van der Waals surface area contributed by atoms with Crippen LogP contribution >= 0.6 is 0 Å². The molecule has 0 saturated heterocycles. The maximum Gasteiger partial charge on any atom is 0.159 e. The fourth-order valence-corrected chi connectivity index (χ4v) is 3.96. The van der Waals surface area contributed by atoms with E-state index in [0.717, 1.165) is 28.5 Å². The molecule has 0 saturated carbocycles. The first-order valence-electron chi connectivity index (χ1n) is 10.2. The van der Waals surface area contributed by atoms with E-state index < -0.39 is 5.82 Å². The van der Waals surface area contributed by atoms with Crippen LogP contribution in [0.15, 0.2) is 48.9 Å². The van der Waals surface area contributed by atoms with Gasteiger partial charge in [0.2, 0.25) is 0 Å². The van der Waals surface area contributed by atoms with Crippen molar-refractivity contribution >= 4 is 22.1 Å². The Balaban J connectivity index is 1.52. The summed E-state index contributed by atoms with van der Waals surface area (Å²) in [4.78, 5) is 21.2. The standard InChI is InChI=1S/C23H17FN8O/c1-11-26-10-18(32(11)2)13-7-16-20(30-31-22(16)27-9-13)23-28-17-3-4-25-19(21(17)29-23)12-5-14(24)8-15(33)6-12/h3-10,33H,1-2H3,(H,28,29)(H,27,30,31). The third-order valence-electron chi connectivity index (χ3n) is 5.71. The van der Waals surface area contributed by atoms with Gasteiger partial charge in [-0.2, -0.15) is 5.10 Å². The summed E-state index contributed by atoms with van der Waals surface area (Å²) < 4.78 is 15.9. The summed E-state index contributed by atoms with van der Waals surface area (Å²) in [5, 5.41) is 18.0. The topological polar surface area (TPSA) is 121 Å². The van der Waals surface area contributed by atoms with Crippen molar-refractivity contribution in [2.75, 3.05) is 0 Å². The van der Waals surface area contributed by atoms with Gasteiger partial charge in [0.1, 0.15) is 28.6 Å². The minimum atomic E-state index is -0.554. The van der Waals surface area contributed by atoms with Gasteiger partial charge in [-0.05, 0) is 31.2 Å². The molecule has 0 atom stereocenters. The van der Waals surface area contributed by atoms with E-state index in [1.165, 1.54) is 12.1 Å². The first-order chi connectivity index (χ1) is 16.0. The average molecular weight is 440 g/mol. The molecular formula is C23H17FN8O. The molecule has 162 valence electrons. The van der Waals surface area contributed by atoms with E-state index in [4.69, 9.17) is 4.98 Å². The van der Waals surface area contributed by atoms with E-state index in [1.807, 2.05) is 30.8 Å². The quantitative estimate of drug-likeness (QED) is 0.381. The molecule has 0 radical (unpaired) electrons. The van der Waals surface area contributed by atoms with E-state index >= 15 is 0 Å². The van der Waals surface area contributed by atoms with Crippen molar-refractivity contribution in [2.45, 2.75) is 6.92 Å². The number of benzene rings is 1. The lowest BCUT2D eigenvalue weighted by Gasteiger charge is -2.03. The van der Waals surface area contributed by atoms with Crippen LogP contribution < -0.4 is 0 Å². The molecule has 0 fully saturated rings. The predicted octanol–water partition coefficient (Wildman–Crippen LogP) is 4.12. The van der Waals surface area contributed by atoms with Crippen LogP contribution in [-0.2, 0) is 7.05 Å². The zero-order valence-electron chi connectivity index (χ0n) is 17.6. The van der Waals surface area contributed by atoms with Crippen molar-refractivity contribution < 1.29 is 9.50 Å². The predicted molar refractivity (Wildman–Crippen MR) is 121 cm³/mol. The van der Waals surface area contributed by atoms with Crippen LogP contribution in [0, 0.1) is 12.7 Å². The van der Waals surface area contributed by atoms with Gasteiger partial charge in [0.05, 0.1) is 28.5 Å². The second kappa shape index (κ2) is 6.95. The molecule has 9 nitrogen and oxygen atoms in total. The van der Waals surface area contributed by atoms with Gasteiger partial charge in [0, 0.05) is 36.6 Å². The van der Waals surface area contributed by atoms with Gasteiger partial charge < -0.3 is 14.7 Å². The maximum atomic E-state index is 13.9. The van der Waals surface area contributed by atoms with Crippen molar-refractivity contribution in [3.63, 3.8) is 0 Å². The fourth-order valence-electron chi connectivity index (χ4n) is 3.96. The first kappa shape index (κ1) is 19.1. The summed E-state index contributed by atoms with van der Waals surface area (Å²) >= 11 is 0. The molecule has 0 bridgehead atoms. The highest BCUT2D eigenvalue weighted by atomic mass is 19.1. The molecule has 0 aliphatic heterocycles. The summed E-state index contributed by atoms with van der Waals surface area (Å²) in [5.74, 6) is 0.688. The van der Waals surface area contributed by atoms with E-state index in [2.05, 4.69) is 30.1 Å². The summed E-state index contributed by atoms with van der Waals surface area (Å²) in [6, 6.07) is 7.59. The Hall–Kier alpha value is -4.60.